The highest BCUT2D eigenvalue weighted by molar-refractivity contribution is 5.82. The number of piperidine rings is 1. The molecule has 2 aliphatic rings. The largest absolute Gasteiger partial charge is 0.479 e. The number of rotatable bonds is 4. The summed E-state index contributed by atoms with van der Waals surface area (Å²) >= 11 is 0. The first kappa shape index (κ1) is 14.3. The van der Waals surface area contributed by atoms with Crippen LogP contribution >= 0.6 is 0 Å². The van der Waals surface area contributed by atoms with E-state index in [2.05, 4.69) is 0 Å². The SMILES string of the molecule is CCOC1CCN(C(=O)[C@@H]2CC[C@H](C(=O)O)O2)CC1. The quantitative estimate of drug-likeness (QED) is 0.812. The molecule has 2 rings (SSSR count). The van der Waals surface area contributed by atoms with E-state index in [0.29, 0.717) is 32.5 Å². The van der Waals surface area contributed by atoms with Crippen LogP contribution in [0.1, 0.15) is 32.6 Å². The first-order valence-corrected chi connectivity index (χ1v) is 6.90. The first-order valence-electron chi connectivity index (χ1n) is 6.90. The lowest BCUT2D eigenvalue weighted by molar-refractivity contribution is -0.155. The van der Waals surface area contributed by atoms with Crippen LogP contribution in [-0.2, 0) is 19.1 Å². The van der Waals surface area contributed by atoms with Crippen LogP contribution in [0, 0.1) is 0 Å². The molecular formula is C13H21NO5. The zero-order valence-electron chi connectivity index (χ0n) is 11.2. The molecule has 0 radical (unpaired) electrons. The highest BCUT2D eigenvalue weighted by Gasteiger charge is 2.37. The number of carboxylic acid groups (broad SMARTS) is 1. The maximum atomic E-state index is 12.2. The number of amides is 1. The second-order valence-electron chi connectivity index (χ2n) is 5.01. The molecule has 0 aromatic rings. The lowest BCUT2D eigenvalue weighted by Crippen LogP contribution is -2.45. The van der Waals surface area contributed by atoms with Crippen LogP contribution in [0.2, 0.25) is 0 Å². The van der Waals surface area contributed by atoms with Crippen LogP contribution in [0.15, 0.2) is 0 Å². The fourth-order valence-corrected chi connectivity index (χ4v) is 2.68. The van der Waals surface area contributed by atoms with Gasteiger partial charge in [0.1, 0.15) is 6.10 Å². The Morgan fingerprint density at radius 2 is 1.84 bits per heavy atom. The van der Waals surface area contributed by atoms with Crippen molar-refractivity contribution in [1.82, 2.24) is 4.90 Å². The van der Waals surface area contributed by atoms with Gasteiger partial charge < -0.3 is 19.5 Å². The number of hydrogen-bond acceptors (Lipinski definition) is 4. The van der Waals surface area contributed by atoms with Crippen LogP contribution in [0.25, 0.3) is 0 Å². The molecule has 2 fully saturated rings. The molecule has 0 bridgehead atoms. The minimum Gasteiger partial charge on any atom is -0.479 e. The zero-order valence-corrected chi connectivity index (χ0v) is 11.2. The van der Waals surface area contributed by atoms with Crippen LogP contribution in [0.4, 0.5) is 0 Å². The van der Waals surface area contributed by atoms with E-state index < -0.39 is 18.2 Å². The Hall–Kier alpha value is -1.14. The van der Waals surface area contributed by atoms with Crippen molar-refractivity contribution in [3.63, 3.8) is 0 Å². The maximum Gasteiger partial charge on any atom is 0.332 e. The molecule has 1 N–H and O–H groups in total. The van der Waals surface area contributed by atoms with Gasteiger partial charge in [0.15, 0.2) is 6.10 Å². The zero-order chi connectivity index (χ0) is 13.8. The van der Waals surface area contributed by atoms with Crippen molar-refractivity contribution in [3.05, 3.63) is 0 Å². The standard InChI is InChI=1S/C13H21NO5/c1-2-18-9-5-7-14(8-6-9)12(15)10-3-4-11(19-10)13(16)17/h9-11H,2-8H2,1H3,(H,16,17)/t10-,11+/m0/s1. The number of hydrogen-bond donors (Lipinski definition) is 1. The van der Waals surface area contributed by atoms with Crippen molar-refractivity contribution in [2.45, 2.75) is 50.9 Å². The van der Waals surface area contributed by atoms with E-state index in [-0.39, 0.29) is 12.0 Å². The molecule has 0 aliphatic carbocycles. The molecular weight excluding hydrogens is 250 g/mol. The summed E-state index contributed by atoms with van der Waals surface area (Å²) in [6, 6.07) is 0. The molecule has 2 aliphatic heterocycles. The molecule has 108 valence electrons. The van der Waals surface area contributed by atoms with Crippen LogP contribution in [0.3, 0.4) is 0 Å². The fourth-order valence-electron chi connectivity index (χ4n) is 2.68. The predicted molar refractivity (Wildman–Crippen MR) is 66.8 cm³/mol. The highest BCUT2D eigenvalue weighted by atomic mass is 16.5. The van der Waals surface area contributed by atoms with Crippen LogP contribution in [0.5, 0.6) is 0 Å². The average molecular weight is 271 g/mol. The van der Waals surface area contributed by atoms with E-state index in [1.165, 1.54) is 0 Å². The van der Waals surface area contributed by atoms with Crippen molar-refractivity contribution >= 4 is 11.9 Å². The molecule has 19 heavy (non-hydrogen) atoms. The monoisotopic (exact) mass is 271 g/mol. The van der Waals surface area contributed by atoms with Gasteiger partial charge in [-0.2, -0.15) is 0 Å². The van der Waals surface area contributed by atoms with Gasteiger partial charge in [-0.25, -0.2) is 4.79 Å². The van der Waals surface area contributed by atoms with E-state index in [9.17, 15) is 9.59 Å². The second-order valence-corrected chi connectivity index (χ2v) is 5.01. The fraction of sp³-hybridized carbons (Fsp3) is 0.846. The first-order chi connectivity index (χ1) is 9.11. The van der Waals surface area contributed by atoms with Crippen LogP contribution in [-0.4, -0.2) is 59.9 Å². The van der Waals surface area contributed by atoms with Gasteiger partial charge in [-0.1, -0.05) is 0 Å². The van der Waals surface area contributed by atoms with Crippen molar-refractivity contribution in [2.24, 2.45) is 0 Å². The summed E-state index contributed by atoms with van der Waals surface area (Å²) < 4.78 is 10.8. The normalized spacial score (nSPS) is 28.6. The third kappa shape index (κ3) is 3.45. The minimum atomic E-state index is -0.981. The molecule has 0 unspecified atom stereocenters. The summed E-state index contributed by atoms with van der Waals surface area (Å²) in [4.78, 5) is 24.8. The van der Waals surface area contributed by atoms with E-state index in [0.717, 1.165) is 12.8 Å². The van der Waals surface area contributed by atoms with Crippen molar-refractivity contribution in [2.75, 3.05) is 19.7 Å². The van der Waals surface area contributed by atoms with Gasteiger partial charge in [0.05, 0.1) is 6.10 Å². The van der Waals surface area contributed by atoms with E-state index >= 15 is 0 Å². The Kier molecular flexibility index (Phi) is 4.76. The van der Waals surface area contributed by atoms with Crippen molar-refractivity contribution in [1.29, 1.82) is 0 Å². The summed E-state index contributed by atoms with van der Waals surface area (Å²) in [6.45, 7) is 4.00. The molecule has 0 aromatic carbocycles. The minimum absolute atomic E-state index is 0.0706. The Labute approximate surface area is 112 Å². The third-order valence-corrected chi connectivity index (χ3v) is 3.73. The molecule has 2 saturated heterocycles. The molecule has 6 nitrogen and oxygen atoms in total. The van der Waals surface area contributed by atoms with Gasteiger partial charge in [0.2, 0.25) is 0 Å². The summed E-state index contributed by atoms with van der Waals surface area (Å²) in [5, 5.41) is 8.85. The summed E-state index contributed by atoms with van der Waals surface area (Å²) in [5.41, 5.74) is 0. The highest BCUT2D eigenvalue weighted by Crippen LogP contribution is 2.23. The number of aliphatic carboxylic acids is 1. The van der Waals surface area contributed by atoms with Crippen LogP contribution < -0.4 is 0 Å². The predicted octanol–water partition coefficient (Wildman–Crippen LogP) is 0.646. The second kappa shape index (κ2) is 6.34. The number of ether oxygens (including phenoxy) is 2. The Morgan fingerprint density at radius 3 is 2.37 bits per heavy atom. The summed E-state index contributed by atoms with van der Waals surface area (Å²) in [6.07, 6.45) is 1.44. The molecule has 0 spiro atoms. The Bertz CT molecular complexity index is 338. The van der Waals surface area contributed by atoms with Gasteiger partial charge in [-0.15, -0.1) is 0 Å². The smallest absolute Gasteiger partial charge is 0.332 e. The van der Waals surface area contributed by atoms with Gasteiger partial charge in [0, 0.05) is 19.7 Å². The molecule has 0 aromatic heterocycles. The third-order valence-electron chi connectivity index (χ3n) is 3.73. The van der Waals surface area contributed by atoms with E-state index in [4.69, 9.17) is 14.6 Å². The number of carboxylic acids is 1. The van der Waals surface area contributed by atoms with Gasteiger partial charge in [-0.3, -0.25) is 4.79 Å². The number of likely N-dealkylation sites (tertiary alicyclic amines) is 1. The average Bonchev–Trinajstić information content (AvgIpc) is 2.89. The van der Waals surface area contributed by atoms with Gasteiger partial charge >= 0.3 is 5.97 Å². The van der Waals surface area contributed by atoms with E-state index in [1.807, 2.05) is 6.92 Å². The Morgan fingerprint density at radius 1 is 1.21 bits per heavy atom. The number of nitrogens with zero attached hydrogens (tertiary/aromatic N) is 1. The van der Waals surface area contributed by atoms with E-state index in [1.54, 1.807) is 4.90 Å². The molecule has 2 heterocycles. The molecule has 0 saturated carbocycles. The maximum absolute atomic E-state index is 12.2. The van der Waals surface area contributed by atoms with Gasteiger partial charge in [0.25, 0.3) is 5.91 Å². The molecule has 6 heteroatoms. The summed E-state index contributed by atoms with van der Waals surface area (Å²) in [5.74, 6) is -1.05. The van der Waals surface area contributed by atoms with Crippen molar-refractivity contribution in [3.8, 4) is 0 Å². The van der Waals surface area contributed by atoms with Gasteiger partial charge in [-0.05, 0) is 32.6 Å². The number of carbonyl (C=O) groups excluding carboxylic acids is 1. The topological polar surface area (TPSA) is 76.1 Å². The molecule has 2 atom stereocenters. The number of carbonyl (C=O) groups is 2. The Balaban J connectivity index is 1.80. The van der Waals surface area contributed by atoms with Crippen molar-refractivity contribution < 1.29 is 24.2 Å². The lowest BCUT2D eigenvalue weighted by Gasteiger charge is -2.33. The summed E-state index contributed by atoms with van der Waals surface area (Å²) in [7, 11) is 0. The molecule has 1 amide bonds. The lowest BCUT2D eigenvalue weighted by atomic mass is 10.1.